The van der Waals surface area contributed by atoms with Gasteiger partial charge in [0, 0.05) is 0 Å². The summed E-state index contributed by atoms with van der Waals surface area (Å²) >= 11 is 0. The van der Waals surface area contributed by atoms with Gasteiger partial charge in [0.1, 0.15) is 0 Å². The summed E-state index contributed by atoms with van der Waals surface area (Å²) < 4.78 is 0. The first-order valence-electron chi connectivity index (χ1n) is 4.62. The van der Waals surface area contributed by atoms with Crippen LogP contribution in [0.3, 0.4) is 0 Å². The topological polar surface area (TPSA) is 26.0 Å². The third-order valence-electron chi connectivity index (χ3n) is 1.31. The van der Waals surface area contributed by atoms with Crippen LogP contribution in [-0.2, 0) is 0 Å². The molecule has 0 bridgehead atoms. The fourth-order valence-electron chi connectivity index (χ4n) is 0.748. The van der Waals surface area contributed by atoms with Gasteiger partial charge in [-0.25, -0.2) is 0 Å². The lowest BCUT2D eigenvalue weighted by molar-refractivity contribution is 0.638. The minimum Gasteiger partial charge on any atom is -0.330 e. The molecule has 0 aliphatic carbocycles. The Hall–Kier alpha value is -0.0400. The molecule has 0 spiro atoms. The molecule has 2 N–H and O–H groups in total. The smallest absolute Gasteiger partial charge is 0.00773 e. The third-order valence-corrected chi connectivity index (χ3v) is 1.31. The lowest BCUT2D eigenvalue weighted by Gasteiger charge is -1.93. The van der Waals surface area contributed by atoms with E-state index in [-0.39, 0.29) is 0 Å². The fraction of sp³-hybridized carbons (Fsp3) is 1.00. The van der Waals surface area contributed by atoms with Crippen molar-refractivity contribution < 1.29 is 0 Å². The Labute approximate surface area is 66.0 Å². The Kier molecular flexibility index (Phi) is 20.2. The maximum absolute atomic E-state index is 5.31. The molecule has 0 saturated heterocycles. The van der Waals surface area contributed by atoms with Crippen molar-refractivity contribution in [1.29, 1.82) is 0 Å². The van der Waals surface area contributed by atoms with Crippen molar-refractivity contribution in [3.63, 3.8) is 0 Å². The molecule has 0 atom stereocenters. The molecule has 0 aromatic carbocycles. The summed E-state index contributed by atoms with van der Waals surface area (Å²) in [7, 11) is 0. The van der Waals surface area contributed by atoms with Gasteiger partial charge in [-0.3, -0.25) is 0 Å². The summed E-state index contributed by atoms with van der Waals surface area (Å²) in [5, 5.41) is 0. The van der Waals surface area contributed by atoms with Gasteiger partial charge in [0.25, 0.3) is 0 Å². The van der Waals surface area contributed by atoms with Gasteiger partial charge >= 0.3 is 0 Å². The van der Waals surface area contributed by atoms with Gasteiger partial charge in [0.15, 0.2) is 0 Å². The summed E-state index contributed by atoms with van der Waals surface area (Å²) in [6, 6.07) is 0. The van der Waals surface area contributed by atoms with Gasteiger partial charge in [0.05, 0.1) is 0 Å². The standard InChI is InChI=1S/C7H17N.C2H6/c1-2-3-4-5-6-7-8;1-2/h2-8H2,1H3;1-2H3. The normalized spacial score (nSPS) is 8.40. The van der Waals surface area contributed by atoms with Crippen LogP contribution in [0.5, 0.6) is 0 Å². The first-order chi connectivity index (χ1) is 4.91. The van der Waals surface area contributed by atoms with Crippen molar-refractivity contribution in [2.24, 2.45) is 5.73 Å². The number of unbranched alkanes of at least 4 members (excludes halogenated alkanes) is 4. The lowest BCUT2D eigenvalue weighted by atomic mass is 10.2. The van der Waals surface area contributed by atoms with Crippen LogP contribution in [-0.4, -0.2) is 6.54 Å². The van der Waals surface area contributed by atoms with E-state index in [2.05, 4.69) is 6.92 Å². The molecule has 1 nitrogen and oxygen atoms in total. The molecule has 0 radical (unpaired) electrons. The van der Waals surface area contributed by atoms with Crippen LogP contribution in [0.1, 0.15) is 52.9 Å². The summed E-state index contributed by atoms with van der Waals surface area (Å²) in [6.07, 6.45) is 6.60. The van der Waals surface area contributed by atoms with E-state index >= 15 is 0 Å². The van der Waals surface area contributed by atoms with E-state index in [0.717, 1.165) is 6.54 Å². The summed E-state index contributed by atoms with van der Waals surface area (Å²) in [5.41, 5.74) is 5.31. The predicted molar refractivity (Wildman–Crippen MR) is 49.2 cm³/mol. The van der Waals surface area contributed by atoms with Gasteiger partial charge in [-0.1, -0.05) is 46.5 Å². The van der Waals surface area contributed by atoms with Crippen molar-refractivity contribution in [2.75, 3.05) is 6.54 Å². The molecule has 0 amide bonds. The highest BCUT2D eigenvalue weighted by molar-refractivity contribution is 4.41. The molecule has 0 aliphatic rings. The zero-order chi connectivity index (χ0) is 8.24. The molecule has 64 valence electrons. The van der Waals surface area contributed by atoms with Crippen LogP contribution >= 0.6 is 0 Å². The Morgan fingerprint density at radius 2 is 1.40 bits per heavy atom. The molecule has 1 heteroatoms. The average molecular weight is 145 g/mol. The molecule has 0 heterocycles. The second-order valence-corrected chi connectivity index (χ2v) is 2.20. The van der Waals surface area contributed by atoms with Crippen molar-refractivity contribution in [3.8, 4) is 0 Å². The second-order valence-electron chi connectivity index (χ2n) is 2.20. The summed E-state index contributed by atoms with van der Waals surface area (Å²) in [5.74, 6) is 0. The highest BCUT2D eigenvalue weighted by Crippen LogP contribution is 2.00. The minimum atomic E-state index is 0.865. The second kappa shape index (κ2) is 16.0. The SMILES string of the molecule is CC.CCCCCCCN. The van der Waals surface area contributed by atoms with Crippen molar-refractivity contribution in [3.05, 3.63) is 0 Å². The van der Waals surface area contributed by atoms with E-state index in [4.69, 9.17) is 5.73 Å². The van der Waals surface area contributed by atoms with E-state index in [1.54, 1.807) is 0 Å². The van der Waals surface area contributed by atoms with Crippen LogP contribution in [0.2, 0.25) is 0 Å². The average Bonchev–Trinajstić information content (AvgIpc) is 2.02. The van der Waals surface area contributed by atoms with E-state index < -0.39 is 0 Å². The molecule has 0 saturated carbocycles. The van der Waals surface area contributed by atoms with Gasteiger partial charge in [-0.15, -0.1) is 0 Å². The Morgan fingerprint density at radius 1 is 0.900 bits per heavy atom. The van der Waals surface area contributed by atoms with Crippen LogP contribution in [0.15, 0.2) is 0 Å². The molecule has 10 heavy (non-hydrogen) atoms. The van der Waals surface area contributed by atoms with Gasteiger partial charge in [0.2, 0.25) is 0 Å². The molecule has 0 aliphatic heterocycles. The van der Waals surface area contributed by atoms with Crippen molar-refractivity contribution in [2.45, 2.75) is 52.9 Å². The van der Waals surface area contributed by atoms with Crippen molar-refractivity contribution >= 4 is 0 Å². The number of nitrogens with two attached hydrogens (primary N) is 1. The van der Waals surface area contributed by atoms with Crippen molar-refractivity contribution in [1.82, 2.24) is 0 Å². The first-order valence-corrected chi connectivity index (χ1v) is 4.62. The highest BCUT2D eigenvalue weighted by atomic mass is 14.5. The van der Waals surface area contributed by atoms with E-state index in [1.165, 1.54) is 32.1 Å². The minimum absolute atomic E-state index is 0.865. The molecule has 0 fully saturated rings. The van der Waals surface area contributed by atoms with Crippen LogP contribution < -0.4 is 5.73 Å². The molecular formula is C9H23N. The zero-order valence-corrected chi connectivity index (χ0v) is 7.82. The van der Waals surface area contributed by atoms with E-state index in [9.17, 15) is 0 Å². The Balaban J connectivity index is 0. The molecule has 0 unspecified atom stereocenters. The molecule has 0 aromatic heterocycles. The van der Waals surface area contributed by atoms with Crippen LogP contribution in [0, 0.1) is 0 Å². The maximum Gasteiger partial charge on any atom is -0.00773 e. The van der Waals surface area contributed by atoms with Crippen LogP contribution in [0.25, 0.3) is 0 Å². The van der Waals surface area contributed by atoms with Gasteiger partial charge in [-0.2, -0.15) is 0 Å². The maximum atomic E-state index is 5.31. The van der Waals surface area contributed by atoms with E-state index in [0.29, 0.717) is 0 Å². The van der Waals surface area contributed by atoms with E-state index in [1.807, 2.05) is 13.8 Å². The first kappa shape index (κ1) is 12.6. The molecular weight excluding hydrogens is 122 g/mol. The van der Waals surface area contributed by atoms with Gasteiger partial charge < -0.3 is 5.73 Å². The summed E-state index contributed by atoms with van der Waals surface area (Å²) in [6.45, 7) is 7.09. The number of hydrogen-bond acceptors (Lipinski definition) is 1. The fourth-order valence-corrected chi connectivity index (χ4v) is 0.748. The summed E-state index contributed by atoms with van der Waals surface area (Å²) in [4.78, 5) is 0. The monoisotopic (exact) mass is 145 g/mol. The highest BCUT2D eigenvalue weighted by Gasteiger charge is 1.83. The third kappa shape index (κ3) is 15.7. The van der Waals surface area contributed by atoms with Crippen LogP contribution in [0.4, 0.5) is 0 Å². The Bertz CT molecular complexity index is 29.7. The molecule has 0 aromatic rings. The largest absolute Gasteiger partial charge is 0.330 e. The zero-order valence-electron chi connectivity index (χ0n) is 7.82. The molecule has 0 rings (SSSR count). The quantitative estimate of drug-likeness (QED) is 0.591. The lowest BCUT2D eigenvalue weighted by Crippen LogP contribution is -1.97. The Morgan fingerprint density at radius 3 is 1.80 bits per heavy atom. The number of rotatable bonds is 5. The predicted octanol–water partition coefficient (Wildman–Crippen LogP) is 2.94. The number of hydrogen-bond donors (Lipinski definition) is 1. The van der Waals surface area contributed by atoms with Gasteiger partial charge in [-0.05, 0) is 13.0 Å².